The van der Waals surface area contributed by atoms with Gasteiger partial charge in [-0.3, -0.25) is 0 Å². The monoisotopic (exact) mass is 326 g/mol. The van der Waals surface area contributed by atoms with Crippen molar-refractivity contribution < 1.29 is 4.74 Å². The number of hydrazone groups is 1. The van der Waals surface area contributed by atoms with Crippen molar-refractivity contribution in [1.82, 2.24) is 5.01 Å². The predicted molar refractivity (Wildman–Crippen MR) is 92.9 cm³/mol. The molecule has 0 aliphatic carbocycles. The van der Waals surface area contributed by atoms with E-state index in [0.29, 0.717) is 5.92 Å². The molecule has 23 heavy (non-hydrogen) atoms. The van der Waals surface area contributed by atoms with Crippen LogP contribution in [0.5, 0.6) is 5.75 Å². The third-order valence-corrected chi connectivity index (χ3v) is 4.73. The van der Waals surface area contributed by atoms with Crippen LogP contribution in [0.15, 0.2) is 53.6 Å². The van der Waals surface area contributed by atoms with Gasteiger partial charge in [0.1, 0.15) is 5.75 Å². The second kappa shape index (κ2) is 5.57. The van der Waals surface area contributed by atoms with Crippen molar-refractivity contribution in [3.8, 4) is 5.75 Å². The minimum atomic E-state index is -0.0281. The Hall–Kier alpha value is -2.00. The van der Waals surface area contributed by atoms with Gasteiger partial charge in [-0.2, -0.15) is 5.10 Å². The second-order valence-electron chi connectivity index (χ2n) is 6.44. The molecule has 2 aromatic carbocycles. The minimum Gasteiger partial charge on any atom is -0.468 e. The number of nitrogens with zero attached hydrogens (tertiary/aromatic N) is 2. The summed E-state index contributed by atoms with van der Waals surface area (Å²) in [5.41, 5.74) is 3.44. The summed E-state index contributed by atoms with van der Waals surface area (Å²) in [6.45, 7) is 4.34. The number of para-hydroxylation sites is 1. The Morgan fingerprint density at radius 3 is 2.61 bits per heavy atom. The molecule has 4 rings (SSSR count). The topological polar surface area (TPSA) is 24.8 Å². The summed E-state index contributed by atoms with van der Waals surface area (Å²) in [5.74, 6) is 1.35. The zero-order valence-electron chi connectivity index (χ0n) is 13.2. The second-order valence-corrected chi connectivity index (χ2v) is 6.88. The van der Waals surface area contributed by atoms with Crippen molar-refractivity contribution >= 4 is 17.3 Å². The molecular weight excluding hydrogens is 308 g/mol. The van der Waals surface area contributed by atoms with E-state index in [2.05, 4.69) is 37.1 Å². The number of hydrogen-bond acceptors (Lipinski definition) is 3. The molecule has 3 nitrogen and oxygen atoms in total. The third kappa shape index (κ3) is 2.49. The van der Waals surface area contributed by atoms with Crippen LogP contribution in [0.2, 0.25) is 5.02 Å². The highest BCUT2D eigenvalue weighted by atomic mass is 35.5. The lowest BCUT2D eigenvalue weighted by Crippen LogP contribution is -2.43. The summed E-state index contributed by atoms with van der Waals surface area (Å²) in [4.78, 5) is 0. The van der Waals surface area contributed by atoms with E-state index in [1.807, 2.05) is 30.3 Å². The molecular formula is C19H19ClN2O. The molecule has 0 unspecified atom stereocenters. The van der Waals surface area contributed by atoms with Crippen LogP contribution in [0.4, 0.5) is 0 Å². The van der Waals surface area contributed by atoms with Gasteiger partial charge in [-0.15, -0.1) is 0 Å². The molecule has 0 N–H and O–H groups in total. The predicted octanol–water partition coefficient (Wildman–Crippen LogP) is 4.87. The molecule has 2 aromatic rings. The number of ether oxygens (including phenoxy) is 1. The standard InChI is InChI=1S/C19H19ClN2O/c1-12(2)19-22-17(15-5-3-4-6-18(15)23-19)11-16(21-22)13-7-9-14(20)10-8-13/h3-10,12,17,19H,11H2,1-2H3/t17-,19-/m1/s1. The van der Waals surface area contributed by atoms with Gasteiger partial charge in [0, 0.05) is 22.9 Å². The molecule has 0 saturated heterocycles. The highest BCUT2D eigenvalue weighted by Gasteiger charge is 2.41. The van der Waals surface area contributed by atoms with Gasteiger partial charge in [0.25, 0.3) is 0 Å². The van der Waals surface area contributed by atoms with Crippen molar-refractivity contribution in [3.05, 3.63) is 64.7 Å². The fraction of sp³-hybridized carbons (Fsp3) is 0.316. The average Bonchev–Trinajstić information content (AvgIpc) is 3.00. The molecule has 0 aromatic heterocycles. The Bertz CT molecular complexity index is 754. The van der Waals surface area contributed by atoms with Crippen molar-refractivity contribution in [2.24, 2.45) is 11.0 Å². The SMILES string of the molecule is CC(C)[C@H]1Oc2ccccc2[C@H]2CC(c3ccc(Cl)cc3)=NN21. The molecule has 2 heterocycles. The van der Waals surface area contributed by atoms with Gasteiger partial charge < -0.3 is 4.74 Å². The van der Waals surface area contributed by atoms with E-state index in [4.69, 9.17) is 21.4 Å². The number of rotatable bonds is 2. The van der Waals surface area contributed by atoms with Gasteiger partial charge in [-0.25, -0.2) is 5.01 Å². The molecule has 0 saturated carbocycles. The molecule has 118 valence electrons. The third-order valence-electron chi connectivity index (χ3n) is 4.48. The number of fused-ring (bicyclic) bond motifs is 3. The maximum Gasteiger partial charge on any atom is 0.190 e. The summed E-state index contributed by atoms with van der Waals surface area (Å²) in [6.07, 6.45) is 0.866. The number of benzene rings is 2. The molecule has 0 fully saturated rings. The lowest BCUT2D eigenvalue weighted by Gasteiger charge is -2.39. The lowest BCUT2D eigenvalue weighted by molar-refractivity contribution is -0.0461. The maximum absolute atomic E-state index is 6.21. The number of hydrogen-bond donors (Lipinski definition) is 0. The molecule has 0 amide bonds. The molecule has 0 radical (unpaired) electrons. The maximum atomic E-state index is 6.21. The van der Waals surface area contributed by atoms with E-state index in [1.54, 1.807) is 0 Å². The Labute approximate surface area is 141 Å². The normalized spacial score (nSPS) is 22.4. The van der Waals surface area contributed by atoms with Gasteiger partial charge in [-0.05, 0) is 23.8 Å². The van der Waals surface area contributed by atoms with E-state index in [0.717, 1.165) is 28.5 Å². The van der Waals surface area contributed by atoms with Crippen LogP contribution in [-0.2, 0) is 0 Å². The molecule has 2 aliphatic heterocycles. The molecule has 4 heteroatoms. The van der Waals surface area contributed by atoms with Gasteiger partial charge in [-0.1, -0.05) is 55.8 Å². The van der Waals surface area contributed by atoms with Crippen molar-refractivity contribution in [2.75, 3.05) is 0 Å². The molecule has 0 spiro atoms. The van der Waals surface area contributed by atoms with Crippen LogP contribution >= 0.6 is 11.6 Å². The van der Waals surface area contributed by atoms with E-state index in [9.17, 15) is 0 Å². The van der Waals surface area contributed by atoms with Gasteiger partial charge in [0.15, 0.2) is 6.23 Å². The summed E-state index contributed by atoms with van der Waals surface area (Å²) in [5, 5.41) is 7.78. The van der Waals surface area contributed by atoms with Crippen molar-refractivity contribution in [1.29, 1.82) is 0 Å². The minimum absolute atomic E-state index is 0.0281. The van der Waals surface area contributed by atoms with Crippen LogP contribution in [0, 0.1) is 5.92 Å². The van der Waals surface area contributed by atoms with Crippen LogP contribution in [0.1, 0.15) is 37.4 Å². The zero-order valence-corrected chi connectivity index (χ0v) is 14.0. The smallest absolute Gasteiger partial charge is 0.190 e. The highest BCUT2D eigenvalue weighted by molar-refractivity contribution is 6.30. The zero-order chi connectivity index (χ0) is 16.0. The van der Waals surface area contributed by atoms with Gasteiger partial charge >= 0.3 is 0 Å². The quantitative estimate of drug-likeness (QED) is 0.786. The summed E-state index contributed by atoms with van der Waals surface area (Å²) in [7, 11) is 0. The van der Waals surface area contributed by atoms with E-state index < -0.39 is 0 Å². The Morgan fingerprint density at radius 2 is 1.87 bits per heavy atom. The van der Waals surface area contributed by atoms with E-state index in [-0.39, 0.29) is 12.3 Å². The first-order valence-electron chi connectivity index (χ1n) is 8.01. The molecule has 0 bridgehead atoms. The highest BCUT2D eigenvalue weighted by Crippen LogP contribution is 2.44. The Kier molecular flexibility index (Phi) is 3.53. The first-order valence-corrected chi connectivity index (χ1v) is 8.38. The largest absolute Gasteiger partial charge is 0.468 e. The average molecular weight is 327 g/mol. The fourth-order valence-electron chi connectivity index (χ4n) is 3.32. The summed E-state index contributed by atoms with van der Waals surface area (Å²) >= 11 is 6.00. The fourth-order valence-corrected chi connectivity index (χ4v) is 3.45. The number of halogens is 1. The summed E-state index contributed by atoms with van der Waals surface area (Å²) in [6, 6.07) is 16.5. The van der Waals surface area contributed by atoms with Crippen molar-refractivity contribution in [3.63, 3.8) is 0 Å². The van der Waals surface area contributed by atoms with E-state index in [1.165, 1.54) is 5.56 Å². The van der Waals surface area contributed by atoms with Crippen LogP contribution < -0.4 is 4.74 Å². The van der Waals surface area contributed by atoms with Gasteiger partial charge in [0.2, 0.25) is 0 Å². The summed E-state index contributed by atoms with van der Waals surface area (Å²) < 4.78 is 6.21. The van der Waals surface area contributed by atoms with Crippen molar-refractivity contribution in [2.45, 2.75) is 32.5 Å². The Balaban J connectivity index is 1.74. The first kappa shape index (κ1) is 14.6. The lowest BCUT2D eigenvalue weighted by atomic mass is 9.95. The Morgan fingerprint density at radius 1 is 1.13 bits per heavy atom. The molecule has 2 aliphatic rings. The first-order chi connectivity index (χ1) is 11.1. The van der Waals surface area contributed by atoms with E-state index >= 15 is 0 Å². The van der Waals surface area contributed by atoms with Gasteiger partial charge in [0.05, 0.1) is 11.8 Å². The molecule has 2 atom stereocenters. The van der Waals surface area contributed by atoms with Crippen LogP contribution in [0.3, 0.4) is 0 Å². The van der Waals surface area contributed by atoms with Crippen LogP contribution in [0.25, 0.3) is 0 Å². The van der Waals surface area contributed by atoms with Crippen LogP contribution in [-0.4, -0.2) is 16.9 Å².